The zero-order valence-corrected chi connectivity index (χ0v) is 20.1. The number of amidine groups is 1. The second kappa shape index (κ2) is 9.17. The van der Waals surface area contributed by atoms with Crippen LogP contribution in [0.15, 0.2) is 53.9 Å². The van der Waals surface area contributed by atoms with E-state index in [1.165, 1.54) is 19.5 Å². The van der Waals surface area contributed by atoms with Crippen molar-refractivity contribution >= 4 is 23.2 Å². The summed E-state index contributed by atoms with van der Waals surface area (Å²) in [5.41, 5.74) is 9.32. The third kappa shape index (κ3) is 4.12. The van der Waals surface area contributed by atoms with Gasteiger partial charge in [-0.1, -0.05) is 6.08 Å². The summed E-state index contributed by atoms with van der Waals surface area (Å²) in [6.45, 7) is 1.56. The molecule has 0 aliphatic carbocycles. The largest absolute Gasteiger partial charge is 0.480 e. The Bertz CT molecular complexity index is 1440. The highest BCUT2D eigenvalue weighted by atomic mass is 16.5. The number of benzene rings is 1. The Labute approximate surface area is 212 Å². The minimum Gasteiger partial charge on any atom is -0.480 e. The van der Waals surface area contributed by atoms with E-state index in [9.17, 15) is 4.79 Å². The third-order valence-corrected chi connectivity index (χ3v) is 6.54. The van der Waals surface area contributed by atoms with Crippen molar-refractivity contribution in [1.29, 1.82) is 0 Å². The number of fused-ring (bicyclic) bond motifs is 4. The molecule has 2 aromatic heterocycles. The number of nitrogens with two attached hydrogens (primary N) is 1. The first-order valence-corrected chi connectivity index (χ1v) is 11.8. The quantitative estimate of drug-likeness (QED) is 0.552. The summed E-state index contributed by atoms with van der Waals surface area (Å²) in [7, 11) is 1.48. The highest BCUT2D eigenvalue weighted by Crippen LogP contribution is 2.52. The van der Waals surface area contributed by atoms with Gasteiger partial charge >= 0.3 is 0 Å². The molecule has 3 N–H and O–H groups in total. The summed E-state index contributed by atoms with van der Waals surface area (Å²) in [5, 5.41) is 2.88. The van der Waals surface area contributed by atoms with Crippen molar-refractivity contribution in [2.45, 2.75) is 18.4 Å². The predicted molar refractivity (Wildman–Crippen MR) is 134 cm³/mol. The van der Waals surface area contributed by atoms with E-state index in [4.69, 9.17) is 29.7 Å². The number of hydrogen-bond acceptors (Lipinski definition) is 10. The van der Waals surface area contributed by atoms with Gasteiger partial charge in [0.25, 0.3) is 11.9 Å². The summed E-state index contributed by atoms with van der Waals surface area (Å²) in [4.78, 5) is 30.4. The van der Waals surface area contributed by atoms with E-state index in [2.05, 4.69) is 26.3 Å². The summed E-state index contributed by atoms with van der Waals surface area (Å²) in [6.07, 6.45) is 7.95. The fourth-order valence-corrected chi connectivity index (χ4v) is 4.75. The van der Waals surface area contributed by atoms with Crippen LogP contribution >= 0.6 is 0 Å². The van der Waals surface area contributed by atoms with Crippen molar-refractivity contribution in [3.63, 3.8) is 0 Å². The summed E-state index contributed by atoms with van der Waals surface area (Å²) in [6, 6.07) is 7.47. The Kier molecular flexibility index (Phi) is 5.68. The van der Waals surface area contributed by atoms with Gasteiger partial charge in [-0.3, -0.25) is 9.78 Å². The lowest BCUT2D eigenvalue weighted by Gasteiger charge is -2.39. The van der Waals surface area contributed by atoms with Crippen molar-refractivity contribution in [2.24, 2.45) is 10.7 Å². The van der Waals surface area contributed by atoms with Gasteiger partial charge in [-0.25, -0.2) is 15.0 Å². The molecule has 37 heavy (non-hydrogen) atoms. The van der Waals surface area contributed by atoms with E-state index in [0.717, 1.165) is 28.8 Å². The molecule has 0 fully saturated rings. The van der Waals surface area contributed by atoms with Crippen LogP contribution < -0.4 is 20.5 Å². The van der Waals surface area contributed by atoms with Gasteiger partial charge < -0.3 is 30.0 Å². The van der Waals surface area contributed by atoms with Crippen molar-refractivity contribution in [2.75, 3.05) is 32.2 Å². The maximum absolute atomic E-state index is 12.8. The van der Waals surface area contributed by atoms with Crippen LogP contribution in [0.5, 0.6) is 17.4 Å². The number of anilines is 1. The number of nitrogens with one attached hydrogen (secondary N) is 1. The standard InChI is InChI=1S/C26H24N6O5/c1-34-23-13-29-20(11-30-23)24(33)31-16-4-5-21-17(9-16)26(6-8-36-25(27)32-26)18-10-19(28-12-22(18)37-21)15-3-2-7-35-14-15/h3-5,9-13H,2,6-8,14H2,1H3,(H2,27,32)(H,31,33). The van der Waals surface area contributed by atoms with Crippen LogP contribution in [-0.2, 0) is 15.0 Å². The molecular formula is C26H24N6O5. The fourth-order valence-electron chi connectivity index (χ4n) is 4.75. The van der Waals surface area contributed by atoms with Crippen LogP contribution in [0.25, 0.3) is 5.57 Å². The molecule has 0 saturated carbocycles. The molecule has 11 nitrogen and oxygen atoms in total. The lowest BCUT2D eigenvalue weighted by Crippen LogP contribution is -2.38. The van der Waals surface area contributed by atoms with Crippen molar-refractivity contribution < 1.29 is 23.7 Å². The van der Waals surface area contributed by atoms with Crippen LogP contribution in [0.3, 0.4) is 0 Å². The van der Waals surface area contributed by atoms with Crippen LogP contribution in [0.4, 0.5) is 5.69 Å². The molecule has 6 rings (SSSR count). The van der Waals surface area contributed by atoms with Crippen LogP contribution in [-0.4, -0.2) is 53.8 Å². The van der Waals surface area contributed by atoms with Crippen molar-refractivity contribution in [3.05, 3.63) is 71.4 Å². The molecule has 1 atom stereocenters. The number of carbonyl (C=O) groups excluding carboxylic acids is 1. The lowest BCUT2D eigenvalue weighted by molar-refractivity contribution is 0.102. The van der Waals surface area contributed by atoms with Gasteiger partial charge in [-0.15, -0.1) is 0 Å². The van der Waals surface area contributed by atoms with E-state index in [0.29, 0.717) is 49.3 Å². The van der Waals surface area contributed by atoms with Gasteiger partial charge in [0.1, 0.15) is 17.0 Å². The molecule has 0 bridgehead atoms. The molecular weight excluding hydrogens is 476 g/mol. The van der Waals surface area contributed by atoms with Gasteiger partial charge in [-0.05, 0) is 36.3 Å². The van der Waals surface area contributed by atoms with E-state index < -0.39 is 11.4 Å². The zero-order chi connectivity index (χ0) is 25.4. The molecule has 3 aliphatic rings. The fraction of sp³-hybridized carbons (Fsp3) is 0.269. The molecule has 1 unspecified atom stereocenters. The summed E-state index contributed by atoms with van der Waals surface area (Å²) < 4.78 is 22.4. The number of aromatic nitrogens is 3. The number of rotatable bonds is 4. The van der Waals surface area contributed by atoms with E-state index in [1.54, 1.807) is 18.3 Å². The Morgan fingerprint density at radius 3 is 2.73 bits per heavy atom. The van der Waals surface area contributed by atoms with Crippen molar-refractivity contribution in [1.82, 2.24) is 15.0 Å². The highest BCUT2D eigenvalue weighted by molar-refractivity contribution is 6.02. The SMILES string of the molecule is COc1cnc(C(=O)Nc2ccc3c(c2)C2(CCOC(N)=N2)c2cc(C4=CCCOC4)ncc2O3)cn1. The maximum Gasteiger partial charge on any atom is 0.283 e. The molecule has 1 amide bonds. The zero-order valence-electron chi connectivity index (χ0n) is 20.1. The smallest absolute Gasteiger partial charge is 0.283 e. The normalized spacial score (nSPS) is 19.9. The Morgan fingerprint density at radius 2 is 1.97 bits per heavy atom. The summed E-state index contributed by atoms with van der Waals surface area (Å²) in [5.74, 6) is 1.11. The first-order chi connectivity index (χ1) is 18.1. The maximum atomic E-state index is 12.8. The number of amides is 1. The molecule has 3 aromatic rings. The van der Waals surface area contributed by atoms with Crippen LogP contribution in [0, 0.1) is 0 Å². The molecule has 188 valence electrons. The minimum atomic E-state index is -0.875. The first kappa shape index (κ1) is 22.9. The average molecular weight is 501 g/mol. The number of pyridine rings is 1. The topological polar surface area (TPSA) is 143 Å². The molecule has 0 radical (unpaired) electrons. The first-order valence-electron chi connectivity index (χ1n) is 11.8. The van der Waals surface area contributed by atoms with Crippen LogP contribution in [0.2, 0.25) is 0 Å². The van der Waals surface area contributed by atoms with Gasteiger partial charge in [0.15, 0.2) is 5.75 Å². The number of methoxy groups -OCH3 is 1. The van der Waals surface area contributed by atoms with Gasteiger partial charge in [0.05, 0.1) is 51.2 Å². The average Bonchev–Trinajstić information content (AvgIpc) is 2.94. The number of carbonyl (C=O) groups is 1. The lowest BCUT2D eigenvalue weighted by atomic mass is 9.77. The third-order valence-electron chi connectivity index (χ3n) is 6.54. The van der Waals surface area contributed by atoms with E-state index >= 15 is 0 Å². The van der Waals surface area contributed by atoms with Gasteiger partial charge in [0, 0.05) is 23.2 Å². The van der Waals surface area contributed by atoms with E-state index in [-0.39, 0.29) is 11.7 Å². The highest BCUT2D eigenvalue weighted by Gasteiger charge is 2.45. The monoisotopic (exact) mass is 500 g/mol. The van der Waals surface area contributed by atoms with Crippen LogP contribution in [0.1, 0.15) is 40.2 Å². The Morgan fingerprint density at radius 1 is 1.08 bits per heavy atom. The molecule has 11 heteroatoms. The minimum absolute atomic E-state index is 0.0894. The molecule has 3 aliphatic heterocycles. The van der Waals surface area contributed by atoms with Crippen molar-refractivity contribution in [3.8, 4) is 17.4 Å². The number of hydrogen-bond donors (Lipinski definition) is 2. The number of nitrogens with zero attached hydrogens (tertiary/aromatic N) is 4. The second-order valence-corrected chi connectivity index (χ2v) is 8.76. The Hall–Kier alpha value is -4.51. The molecule has 1 spiro atoms. The molecule has 1 aromatic carbocycles. The molecule has 0 saturated heterocycles. The van der Waals surface area contributed by atoms with Gasteiger partial charge in [0.2, 0.25) is 5.88 Å². The predicted octanol–water partition coefficient (Wildman–Crippen LogP) is 3.02. The summed E-state index contributed by atoms with van der Waals surface area (Å²) >= 11 is 0. The molecule has 5 heterocycles. The van der Waals surface area contributed by atoms with E-state index in [1.807, 2.05) is 12.1 Å². The Balaban J connectivity index is 1.40. The van der Waals surface area contributed by atoms with Gasteiger partial charge in [-0.2, -0.15) is 0 Å². The number of ether oxygens (including phenoxy) is 4. The second-order valence-electron chi connectivity index (χ2n) is 8.76. The number of aliphatic imine (C=N–C) groups is 1.